The van der Waals surface area contributed by atoms with Crippen LogP contribution in [0.5, 0.6) is 0 Å². The molecule has 4 heteroatoms. The Bertz CT molecular complexity index is 345. The molecule has 1 rings (SSSR count). The summed E-state index contributed by atoms with van der Waals surface area (Å²) < 4.78 is 7.19. The van der Waals surface area contributed by atoms with Crippen LogP contribution in [0.3, 0.4) is 0 Å². The van der Waals surface area contributed by atoms with Crippen molar-refractivity contribution in [2.45, 2.75) is 39.8 Å². The molecule has 16 heavy (non-hydrogen) atoms. The third-order valence-corrected chi connectivity index (χ3v) is 2.65. The van der Waals surface area contributed by atoms with Gasteiger partial charge in [0.15, 0.2) is 5.78 Å². The van der Waals surface area contributed by atoms with Crippen LogP contribution < -0.4 is 0 Å². The molecule has 1 unspecified atom stereocenters. The highest BCUT2D eigenvalue weighted by molar-refractivity contribution is 5.84. The monoisotopic (exact) mass is 224 g/mol. The van der Waals surface area contributed by atoms with Crippen molar-refractivity contribution < 1.29 is 9.53 Å². The van der Waals surface area contributed by atoms with Crippen LogP contribution in [0.4, 0.5) is 0 Å². The molecule has 0 fully saturated rings. The number of methoxy groups -OCH3 is 1. The topological polar surface area (TPSA) is 44.1 Å². The first-order valence-electron chi connectivity index (χ1n) is 5.65. The number of Topliss-reactive ketones (excluding diaryl/α,β-unsaturated/α-hetero) is 1. The molecule has 0 saturated carbocycles. The van der Waals surface area contributed by atoms with E-state index in [1.54, 1.807) is 13.3 Å². The molecule has 0 aliphatic heterocycles. The second kappa shape index (κ2) is 5.80. The van der Waals surface area contributed by atoms with E-state index >= 15 is 0 Å². The highest BCUT2D eigenvalue weighted by Gasteiger charge is 2.22. The molecule has 0 N–H and O–H groups in total. The van der Waals surface area contributed by atoms with E-state index in [0.29, 0.717) is 6.42 Å². The predicted octanol–water partition coefficient (Wildman–Crippen LogP) is 1.69. The summed E-state index contributed by atoms with van der Waals surface area (Å²) in [6.07, 6.45) is 3.63. The fourth-order valence-electron chi connectivity index (χ4n) is 1.83. The average molecular weight is 224 g/mol. The summed E-state index contributed by atoms with van der Waals surface area (Å²) >= 11 is 0. The number of carbonyl (C=O) groups excluding carboxylic acids is 1. The Hall–Kier alpha value is -1.16. The standard InChI is InChI=1S/C12H20N2O2/c1-5-14-7-6-13-11(14)8-10(15)12(16-4)9(2)3/h6-7,9,12H,5,8H2,1-4H3. The van der Waals surface area contributed by atoms with Gasteiger partial charge in [0, 0.05) is 26.0 Å². The smallest absolute Gasteiger partial charge is 0.169 e. The normalized spacial score (nSPS) is 13.1. The zero-order valence-electron chi connectivity index (χ0n) is 10.4. The molecule has 0 aliphatic rings. The minimum absolute atomic E-state index is 0.0957. The van der Waals surface area contributed by atoms with Crippen molar-refractivity contribution in [3.8, 4) is 0 Å². The SMILES string of the molecule is CCn1ccnc1CC(=O)C(OC)C(C)C. The molecule has 0 aliphatic carbocycles. The quantitative estimate of drug-likeness (QED) is 0.738. The van der Waals surface area contributed by atoms with Crippen molar-refractivity contribution in [1.29, 1.82) is 0 Å². The lowest BCUT2D eigenvalue weighted by Crippen LogP contribution is -2.30. The maximum atomic E-state index is 12.0. The van der Waals surface area contributed by atoms with Gasteiger partial charge in [0.05, 0.1) is 6.42 Å². The van der Waals surface area contributed by atoms with Gasteiger partial charge in [-0.05, 0) is 12.8 Å². The Labute approximate surface area is 96.6 Å². The Morgan fingerprint density at radius 3 is 2.75 bits per heavy atom. The molecule has 1 aromatic heterocycles. The number of nitrogens with zero attached hydrogens (tertiary/aromatic N) is 2. The summed E-state index contributed by atoms with van der Waals surface area (Å²) in [5, 5.41) is 0. The van der Waals surface area contributed by atoms with Gasteiger partial charge in [-0.1, -0.05) is 13.8 Å². The van der Waals surface area contributed by atoms with E-state index in [4.69, 9.17) is 4.74 Å². The fraction of sp³-hybridized carbons (Fsp3) is 0.667. The number of ether oxygens (including phenoxy) is 1. The van der Waals surface area contributed by atoms with Gasteiger partial charge in [-0.2, -0.15) is 0 Å². The number of aromatic nitrogens is 2. The molecule has 0 aromatic carbocycles. The van der Waals surface area contributed by atoms with E-state index in [-0.39, 0.29) is 17.8 Å². The first kappa shape index (κ1) is 12.9. The molecule has 0 amide bonds. The van der Waals surface area contributed by atoms with Crippen molar-refractivity contribution >= 4 is 5.78 Å². The summed E-state index contributed by atoms with van der Waals surface area (Å²) in [5.74, 6) is 1.11. The van der Waals surface area contributed by atoms with Crippen LogP contribution in [0.15, 0.2) is 12.4 Å². The molecular formula is C12H20N2O2. The van der Waals surface area contributed by atoms with E-state index in [0.717, 1.165) is 12.4 Å². The van der Waals surface area contributed by atoms with Gasteiger partial charge in [0.1, 0.15) is 11.9 Å². The number of aryl methyl sites for hydroxylation is 1. The summed E-state index contributed by atoms with van der Waals surface area (Å²) in [4.78, 5) is 16.2. The molecule has 0 radical (unpaired) electrons. The number of hydrogen-bond donors (Lipinski definition) is 0. The lowest BCUT2D eigenvalue weighted by atomic mass is 10.0. The second-order valence-corrected chi connectivity index (χ2v) is 4.17. The molecular weight excluding hydrogens is 204 g/mol. The summed E-state index contributed by atoms with van der Waals surface area (Å²) in [5.41, 5.74) is 0. The van der Waals surface area contributed by atoms with Gasteiger partial charge in [0.2, 0.25) is 0 Å². The molecule has 90 valence electrons. The third kappa shape index (κ3) is 2.92. The Morgan fingerprint density at radius 1 is 1.56 bits per heavy atom. The van der Waals surface area contributed by atoms with Crippen molar-refractivity contribution in [1.82, 2.24) is 9.55 Å². The van der Waals surface area contributed by atoms with Gasteiger partial charge in [-0.25, -0.2) is 4.98 Å². The van der Waals surface area contributed by atoms with Gasteiger partial charge in [-0.3, -0.25) is 4.79 Å². The molecule has 0 bridgehead atoms. The molecule has 1 atom stereocenters. The number of imidazole rings is 1. The minimum atomic E-state index is -0.331. The number of carbonyl (C=O) groups is 1. The first-order chi connectivity index (χ1) is 7.60. The van der Waals surface area contributed by atoms with Crippen LogP contribution in [0.1, 0.15) is 26.6 Å². The van der Waals surface area contributed by atoms with E-state index in [1.807, 2.05) is 31.5 Å². The number of rotatable bonds is 6. The number of hydrogen-bond acceptors (Lipinski definition) is 3. The molecule has 0 saturated heterocycles. The van der Waals surface area contributed by atoms with Gasteiger partial charge in [0.25, 0.3) is 0 Å². The van der Waals surface area contributed by atoms with Crippen LogP contribution in [0.2, 0.25) is 0 Å². The van der Waals surface area contributed by atoms with Gasteiger partial charge < -0.3 is 9.30 Å². The second-order valence-electron chi connectivity index (χ2n) is 4.17. The van der Waals surface area contributed by atoms with E-state index in [9.17, 15) is 4.79 Å². The zero-order valence-corrected chi connectivity index (χ0v) is 10.4. The molecule has 0 spiro atoms. The lowest BCUT2D eigenvalue weighted by molar-refractivity contribution is -0.130. The number of ketones is 1. The summed E-state index contributed by atoms with van der Waals surface area (Å²) in [7, 11) is 1.58. The average Bonchev–Trinajstić information content (AvgIpc) is 2.65. The van der Waals surface area contributed by atoms with Crippen LogP contribution >= 0.6 is 0 Å². The van der Waals surface area contributed by atoms with Crippen LogP contribution in [0, 0.1) is 5.92 Å². The predicted molar refractivity (Wildman–Crippen MR) is 62.2 cm³/mol. The van der Waals surface area contributed by atoms with E-state index in [2.05, 4.69) is 4.98 Å². The van der Waals surface area contributed by atoms with Crippen molar-refractivity contribution in [2.24, 2.45) is 5.92 Å². The van der Waals surface area contributed by atoms with Crippen molar-refractivity contribution in [3.63, 3.8) is 0 Å². The Kier molecular flexibility index (Phi) is 4.68. The fourth-order valence-corrected chi connectivity index (χ4v) is 1.83. The molecule has 4 nitrogen and oxygen atoms in total. The van der Waals surface area contributed by atoms with Crippen LogP contribution in [-0.2, 0) is 22.5 Å². The van der Waals surface area contributed by atoms with Gasteiger partial charge >= 0.3 is 0 Å². The molecule has 1 aromatic rings. The highest BCUT2D eigenvalue weighted by atomic mass is 16.5. The highest BCUT2D eigenvalue weighted by Crippen LogP contribution is 2.10. The van der Waals surface area contributed by atoms with Crippen molar-refractivity contribution in [2.75, 3.05) is 7.11 Å². The largest absolute Gasteiger partial charge is 0.373 e. The zero-order chi connectivity index (χ0) is 12.1. The minimum Gasteiger partial charge on any atom is -0.373 e. The van der Waals surface area contributed by atoms with Crippen LogP contribution in [0.25, 0.3) is 0 Å². The lowest BCUT2D eigenvalue weighted by Gasteiger charge is -2.17. The third-order valence-electron chi connectivity index (χ3n) is 2.65. The first-order valence-corrected chi connectivity index (χ1v) is 5.65. The van der Waals surface area contributed by atoms with E-state index in [1.165, 1.54) is 0 Å². The maximum Gasteiger partial charge on any atom is 0.169 e. The van der Waals surface area contributed by atoms with Crippen LogP contribution in [-0.4, -0.2) is 28.5 Å². The van der Waals surface area contributed by atoms with E-state index < -0.39 is 0 Å². The molecule has 1 heterocycles. The Morgan fingerprint density at radius 2 is 2.25 bits per heavy atom. The summed E-state index contributed by atoms with van der Waals surface area (Å²) in [6, 6.07) is 0. The Balaban J connectivity index is 2.70. The van der Waals surface area contributed by atoms with Gasteiger partial charge in [-0.15, -0.1) is 0 Å². The maximum absolute atomic E-state index is 12.0. The van der Waals surface area contributed by atoms with Crippen molar-refractivity contribution in [3.05, 3.63) is 18.2 Å². The summed E-state index contributed by atoms with van der Waals surface area (Å²) in [6.45, 7) is 6.84.